The maximum atomic E-state index is 12.4. The molecular weight excluding hydrogens is 316 g/mol. The van der Waals surface area contributed by atoms with Crippen LogP contribution in [0.2, 0.25) is 0 Å². The number of aromatic nitrogens is 2. The van der Waals surface area contributed by atoms with Gasteiger partial charge in [-0.1, -0.05) is 12.1 Å². The van der Waals surface area contributed by atoms with E-state index in [9.17, 15) is 9.59 Å². The number of benzene rings is 1. The Morgan fingerprint density at radius 2 is 2.24 bits per heavy atom. The van der Waals surface area contributed by atoms with Crippen molar-refractivity contribution in [3.05, 3.63) is 48.0 Å². The molecule has 132 valence electrons. The molecular formula is C19H24N4O2. The summed E-state index contributed by atoms with van der Waals surface area (Å²) >= 11 is 0. The predicted octanol–water partition coefficient (Wildman–Crippen LogP) is 2.45. The van der Waals surface area contributed by atoms with Gasteiger partial charge in [-0.15, -0.1) is 0 Å². The van der Waals surface area contributed by atoms with Gasteiger partial charge in [-0.3, -0.25) is 9.59 Å². The lowest BCUT2D eigenvalue weighted by Crippen LogP contribution is -2.30. The fourth-order valence-corrected chi connectivity index (χ4v) is 3.27. The van der Waals surface area contributed by atoms with Crippen LogP contribution in [0.3, 0.4) is 0 Å². The number of hydrogen-bond acceptors (Lipinski definition) is 3. The Bertz CT molecular complexity index is 768. The van der Waals surface area contributed by atoms with Gasteiger partial charge < -0.3 is 14.8 Å². The van der Waals surface area contributed by atoms with Crippen LogP contribution in [-0.4, -0.2) is 27.9 Å². The lowest BCUT2D eigenvalue weighted by Gasteiger charge is -2.17. The number of aryl methyl sites for hydroxylation is 1. The maximum absolute atomic E-state index is 12.4. The first-order valence-electron chi connectivity index (χ1n) is 8.78. The molecule has 1 aromatic carbocycles. The normalized spacial score (nSPS) is 15.4. The van der Waals surface area contributed by atoms with E-state index in [1.165, 1.54) is 0 Å². The zero-order chi connectivity index (χ0) is 17.8. The zero-order valence-corrected chi connectivity index (χ0v) is 14.7. The summed E-state index contributed by atoms with van der Waals surface area (Å²) in [6.45, 7) is 5.56. The van der Waals surface area contributed by atoms with E-state index in [4.69, 9.17) is 0 Å². The molecule has 0 saturated carbocycles. The molecule has 2 heterocycles. The number of carbonyl (C=O) groups excluding carboxylic acids is 2. The molecule has 25 heavy (non-hydrogen) atoms. The van der Waals surface area contributed by atoms with Crippen LogP contribution in [0.25, 0.3) is 0 Å². The molecule has 0 spiro atoms. The van der Waals surface area contributed by atoms with Crippen LogP contribution in [0, 0.1) is 0 Å². The average molecular weight is 340 g/mol. The molecule has 1 aromatic heterocycles. The molecule has 1 fully saturated rings. The van der Waals surface area contributed by atoms with E-state index in [0.29, 0.717) is 6.42 Å². The summed E-state index contributed by atoms with van der Waals surface area (Å²) in [5.41, 5.74) is 1.78. The Labute approximate surface area is 147 Å². The van der Waals surface area contributed by atoms with Crippen molar-refractivity contribution in [2.75, 3.05) is 11.4 Å². The van der Waals surface area contributed by atoms with Crippen LogP contribution in [0.5, 0.6) is 0 Å². The van der Waals surface area contributed by atoms with Crippen molar-refractivity contribution in [3.63, 3.8) is 0 Å². The lowest BCUT2D eigenvalue weighted by atomic mass is 10.1. The number of imidazole rings is 1. The van der Waals surface area contributed by atoms with Gasteiger partial charge in [0.2, 0.25) is 11.8 Å². The molecule has 6 nitrogen and oxygen atoms in total. The minimum atomic E-state index is -0.147. The Morgan fingerprint density at radius 3 is 2.96 bits per heavy atom. The van der Waals surface area contributed by atoms with Gasteiger partial charge in [-0.05, 0) is 38.0 Å². The molecule has 2 amide bonds. The Balaban J connectivity index is 1.64. The zero-order valence-electron chi connectivity index (χ0n) is 14.7. The van der Waals surface area contributed by atoms with E-state index in [-0.39, 0.29) is 24.3 Å². The van der Waals surface area contributed by atoms with E-state index in [1.54, 1.807) is 11.1 Å². The van der Waals surface area contributed by atoms with Crippen LogP contribution in [0.15, 0.2) is 36.7 Å². The molecule has 3 rings (SSSR count). The van der Waals surface area contributed by atoms with Crippen molar-refractivity contribution < 1.29 is 9.59 Å². The number of hydrogen-bond donors (Lipinski definition) is 1. The fourth-order valence-electron chi connectivity index (χ4n) is 3.27. The highest BCUT2D eigenvalue weighted by molar-refractivity contribution is 5.95. The number of rotatable bonds is 6. The molecule has 1 unspecified atom stereocenters. The highest BCUT2D eigenvalue weighted by Crippen LogP contribution is 2.22. The summed E-state index contributed by atoms with van der Waals surface area (Å²) in [4.78, 5) is 30.4. The van der Waals surface area contributed by atoms with Gasteiger partial charge in [0.1, 0.15) is 5.82 Å². The Kier molecular flexibility index (Phi) is 5.16. The largest absolute Gasteiger partial charge is 0.346 e. The highest BCUT2D eigenvalue weighted by Gasteiger charge is 2.22. The second-order valence-corrected chi connectivity index (χ2v) is 6.36. The molecule has 2 aromatic rings. The van der Waals surface area contributed by atoms with Gasteiger partial charge in [0.15, 0.2) is 0 Å². The van der Waals surface area contributed by atoms with E-state index in [2.05, 4.69) is 10.3 Å². The predicted molar refractivity (Wildman–Crippen MR) is 96.2 cm³/mol. The van der Waals surface area contributed by atoms with Crippen LogP contribution in [-0.2, 0) is 22.6 Å². The average Bonchev–Trinajstić information content (AvgIpc) is 3.23. The number of nitrogens with zero attached hydrogens (tertiary/aromatic N) is 3. The lowest BCUT2D eigenvalue weighted by molar-refractivity contribution is -0.121. The molecule has 1 atom stereocenters. The van der Waals surface area contributed by atoms with E-state index in [0.717, 1.165) is 36.6 Å². The SMILES string of the molecule is CCn1ccnc1C(C)NC(=O)Cc1cccc(N2CCCC2=O)c1. The van der Waals surface area contributed by atoms with Crippen molar-refractivity contribution >= 4 is 17.5 Å². The van der Waals surface area contributed by atoms with E-state index < -0.39 is 0 Å². The van der Waals surface area contributed by atoms with Crippen LogP contribution in [0.1, 0.15) is 44.1 Å². The maximum Gasteiger partial charge on any atom is 0.227 e. The summed E-state index contributed by atoms with van der Waals surface area (Å²) in [6.07, 6.45) is 5.44. The number of anilines is 1. The Morgan fingerprint density at radius 1 is 1.40 bits per heavy atom. The Hall–Kier alpha value is -2.63. The topological polar surface area (TPSA) is 67.2 Å². The minimum absolute atomic E-state index is 0.0527. The molecule has 0 aliphatic carbocycles. The van der Waals surface area contributed by atoms with Gasteiger partial charge in [0, 0.05) is 37.6 Å². The number of amides is 2. The first kappa shape index (κ1) is 17.2. The van der Waals surface area contributed by atoms with E-state index in [1.807, 2.05) is 48.9 Å². The molecule has 1 N–H and O–H groups in total. The summed E-state index contributed by atoms with van der Waals surface area (Å²) in [6, 6.07) is 7.52. The minimum Gasteiger partial charge on any atom is -0.346 e. The summed E-state index contributed by atoms with van der Waals surface area (Å²) < 4.78 is 2.02. The summed E-state index contributed by atoms with van der Waals surface area (Å²) in [5, 5.41) is 3.00. The van der Waals surface area contributed by atoms with Crippen molar-refractivity contribution in [2.45, 2.75) is 45.7 Å². The molecule has 1 aliphatic heterocycles. The van der Waals surface area contributed by atoms with Gasteiger partial charge in [-0.2, -0.15) is 0 Å². The third-order valence-electron chi connectivity index (χ3n) is 4.51. The second-order valence-electron chi connectivity index (χ2n) is 6.36. The second kappa shape index (κ2) is 7.51. The van der Waals surface area contributed by atoms with Crippen LogP contribution < -0.4 is 10.2 Å². The fraction of sp³-hybridized carbons (Fsp3) is 0.421. The van der Waals surface area contributed by atoms with Gasteiger partial charge >= 0.3 is 0 Å². The number of carbonyl (C=O) groups is 2. The van der Waals surface area contributed by atoms with Crippen molar-refractivity contribution in [3.8, 4) is 0 Å². The molecule has 6 heteroatoms. The molecule has 1 saturated heterocycles. The molecule has 1 aliphatic rings. The smallest absolute Gasteiger partial charge is 0.227 e. The molecule has 0 bridgehead atoms. The van der Waals surface area contributed by atoms with Crippen molar-refractivity contribution in [1.29, 1.82) is 0 Å². The first-order valence-corrected chi connectivity index (χ1v) is 8.78. The quantitative estimate of drug-likeness (QED) is 0.878. The van der Waals surface area contributed by atoms with E-state index >= 15 is 0 Å². The highest BCUT2D eigenvalue weighted by atomic mass is 16.2. The number of nitrogens with one attached hydrogen (secondary N) is 1. The first-order chi connectivity index (χ1) is 12.1. The standard InChI is InChI=1S/C19H24N4O2/c1-3-22-11-9-20-19(22)14(2)21-17(24)13-15-6-4-7-16(12-15)23-10-5-8-18(23)25/h4,6-7,9,11-12,14H,3,5,8,10,13H2,1-2H3,(H,21,24). The molecule has 0 radical (unpaired) electrons. The monoisotopic (exact) mass is 340 g/mol. The third kappa shape index (κ3) is 3.90. The van der Waals surface area contributed by atoms with Gasteiger partial charge in [-0.25, -0.2) is 4.98 Å². The van der Waals surface area contributed by atoms with Crippen molar-refractivity contribution in [1.82, 2.24) is 14.9 Å². The van der Waals surface area contributed by atoms with Crippen molar-refractivity contribution in [2.24, 2.45) is 0 Å². The van der Waals surface area contributed by atoms with Crippen LogP contribution >= 0.6 is 0 Å². The summed E-state index contributed by atoms with van der Waals surface area (Å²) in [7, 11) is 0. The van der Waals surface area contributed by atoms with Gasteiger partial charge in [0.25, 0.3) is 0 Å². The summed E-state index contributed by atoms with van der Waals surface area (Å²) in [5.74, 6) is 0.956. The van der Waals surface area contributed by atoms with Crippen LogP contribution in [0.4, 0.5) is 5.69 Å². The third-order valence-corrected chi connectivity index (χ3v) is 4.51. The van der Waals surface area contributed by atoms with Gasteiger partial charge in [0.05, 0.1) is 12.5 Å².